The number of hydrogen-bond acceptors (Lipinski definition) is 14. The topological polar surface area (TPSA) is 231 Å². The first kappa shape index (κ1) is 98.7. The Kier molecular flexibility index (Phi) is 74.1. The zero-order valence-electron chi connectivity index (χ0n) is 64.7. The molecule has 0 radical (unpaired) electrons. The molecule has 103 heavy (non-hydrogen) atoms. The average Bonchev–Trinajstić information content (AvgIpc) is 0.924. The van der Waals surface area contributed by atoms with Crippen molar-refractivity contribution in [3.05, 3.63) is 134 Å². The minimum atomic E-state index is -4.93. The van der Waals surface area contributed by atoms with Crippen LogP contribution in [0.2, 0.25) is 0 Å². The molecule has 0 aromatic heterocycles. The van der Waals surface area contributed by atoms with Gasteiger partial charge in [-0.25, -0.2) is 9.13 Å². The number of carbonyl (C=O) groups is 3. The van der Waals surface area contributed by atoms with Gasteiger partial charge in [-0.3, -0.25) is 32.5 Å². The van der Waals surface area contributed by atoms with E-state index in [1.165, 1.54) is 109 Å². The summed E-state index contributed by atoms with van der Waals surface area (Å²) in [5, 5.41) is 20.6. The van der Waals surface area contributed by atoms with Crippen LogP contribution in [0, 0.1) is 0 Å². The summed E-state index contributed by atoms with van der Waals surface area (Å²) < 4.78 is 61.2. The molecular weight excluding hydrogens is 1340 g/mol. The van der Waals surface area contributed by atoms with Crippen molar-refractivity contribution in [1.29, 1.82) is 0 Å². The van der Waals surface area contributed by atoms with Crippen LogP contribution in [0.5, 0.6) is 0 Å². The van der Waals surface area contributed by atoms with E-state index in [1.54, 1.807) is 0 Å². The van der Waals surface area contributed by atoms with Gasteiger partial charge in [0.15, 0.2) is 6.10 Å². The average molecular weight is 1490 g/mol. The normalized spacial score (nSPS) is 14.7. The van der Waals surface area contributed by atoms with Gasteiger partial charge in [0.05, 0.1) is 26.4 Å². The van der Waals surface area contributed by atoms with Crippen molar-refractivity contribution in [3.63, 3.8) is 0 Å². The molecule has 0 heterocycles. The van der Waals surface area contributed by atoms with Crippen molar-refractivity contribution in [2.24, 2.45) is 0 Å². The maximum Gasteiger partial charge on any atom is 0.472 e. The number of esters is 3. The molecule has 592 valence electrons. The van der Waals surface area contributed by atoms with Crippen molar-refractivity contribution in [2.75, 3.05) is 39.6 Å². The summed E-state index contributed by atoms with van der Waals surface area (Å²) >= 11 is 0. The fourth-order valence-corrected chi connectivity index (χ4v) is 12.4. The highest BCUT2D eigenvalue weighted by Gasteiger charge is 2.29. The molecule has 5 unspecified atom stereocenters. The Hall–Kier alpha value is -4.31. The SMILES string of the molecule is CC/C=C\C/C=C\C/C=C\C/C=C\C/C=C\C/C=C\CCCCCCCCCCC(=O)OCC(O)COP(=O)(O)OCC(O)COP(=O)(O)OCC(COC(=O)CCCCCCCCCCCCC/C=C\C/C=C\C/C=C\C/C=C\C/C=C\CC)OC(=O)CCCCCCCCCCCCCCC. The lowest BCUT2D eigenvalue weighted by Crippen LogP contribution is -2.30. The Morgan fingerprint density at radius 1 is 0.282 bits per heavy atom. The smallest absolute Gasteiger partial charge is 0.463 e. The van der Waals surface area contributed by atoms with Crippen molar-refractivity contribution in [2.45, 2.75) is 347 Å². The fraction of sp³-hybridized carbons (Fsp3) is 0.706. The number of phosphoric ester groups is 2. The lowest BCUT2D eigenvalue weighted by atomic mass is 10.0. The third-order valence-corrected chi connectivity index (χ3v) is 18.8. The van der Waals surface area contributed by atoms with E-state index in [1.807, 2.05) is 0 Å². The van der Waals surface area contributed by atoms with Gasteiger partial charge in [0.1, 0.15) is 25.4 Å². The van der Waals surface area contributed by atoms with Crippen LogP contribution in [0.15, 0.2) is 134 Å². The Balaban J connectivity index is 4.53. The molecule has 18 heteroatoms. The van der Waals surface area contributed by atoms with E-state index in [0.29, 0.717) is 19.3 Å². The predicted octanol–water partition coefficient (Wildman–Crippen LogP) is 23.9. The van der Waals surface area contributed by atoms with Crippen molar-refractivity contribution < 1.29 is 75.8 Å². The van der Waals surface area contributed by atoms with Gasteiger partial charge in [0.25, 0.3) is 0 Å². The highest BCUT2D eigenvalue weighted by molar-refractivity contribution is 7.47. The first-order valence-corrected chi connectivity index (χ1v) is 43.5. The van der Waals surface area contributed by atoms with Crippen LogP contribution in [-0.2, 0) is 55.8 Å². The molecule has 0 aromatic carbocycles. The van der Waals surface area contributed by atoms with Gasteiger partial charge in [-0.05, 0) is 116 Å². The minimum Gasteiger partial charge on any atom is -0.463 e. The van der Waals surface area contributed by atoms with E-state index >= 15 is 0 Å². The van der Waals surface area contributed by atoms with E-state index < -0.39 is 91.5 Å². The molecule has 4 N–H and O–H groups in total. The number of phosphoric acid groups is 2. The van der Waals surface area contributed by atoms with Crippen LogP contribution in [-0.4, -0.2) is 95.9 Å². The maximum atomic E-state index is 13.0. The lowest BCUT2D eigenvalue weighted by Gasteiger charge is -2.21. The number of aliphatic hydroxyl groups is 2. The molecule has 0 aliphatic carbocycles. The van der Waals surface area contributed by atoms with Gasteiger partial charge in [-0.2, -0.15) is 0 Å². The van der Waals surface area contributed by atoms with E-state index in [2.05, 4.69) is 154 Å². The molecule has 0 saturated carbocycles. The number of aliphatic hydroxyl groups excluding tert-OH is 2. The van der Waals surface area contributed by atoms with Gasteiger partial charge < -0.3 is 34.2 Å². The monoisotopic (exact) mass is 1490 g/mol. The summed E-state index contributed by atoms with van der Waals surface area (Å²) in [6.45, 7) is 2.47. The minimum absolute atomic E-state index is 0.105. The molecule has 16 nitrogen and oxygen atoms in total. The second-order valence-corrected chi connectivity index (χ2v) is 29.7. The van der Waals surface area contributed by atoms with E-state index in [4.69, 9.17) is 32.3 Å². The molecule has 0 amide bonds. The first-order valence-electron chi connectivity index (χ1n) is 40.5. The van der Waals surface area contributed by atoms with Crippen molar-refractivity contribution >= 4 is 33.6 Å². The molecule has 0 spiro atoms. The first-order chi connectivity index (χ1) is 50.2. The van der Waals surface area contributed by atoms with Crippen LogP contribution in [0.1, 0.15) is 329 Å². The summed E-state index contributed by atoms with van der Waals surface area (Å²) in [6, 6.07) is 0. The molecule has 0 rings (SSSR count). The quantitative estimate of drug-likeness (QED) is 0.0146. The Morgan fingerprint density at radius 2 is 0.515 bits per heavy atom. The zero-order chi connectivity index (χ0) is 75.2. The lowest BCUT2D eigenvalue weighted by molar-refractivity contribution is -0.161. The van der Waals surface area contributed by atoms with Gasteiger partial charge in [-0.1, -0.05) is 328 Å². The Labute approximate surface area is 626 Å². The molecule has 0 aliphatic heterocycles. The van der Waals surface area contributed by atoms with Gasteiger partial charge >= 0.3 is 33.6 Å². The van der Waals surface area contributed by atoms with Crippen LogP contribution < -0.4 is 0 Å². The third kappa shape index (κ3) is 78.6. The molecule has 0 bridgehead atoms. The summed E-state index contributed by atoms with van der Waals surface area (Å²) in [7, 11) is -9.79. The molecular formula is C85H146O16P2. The maximum absolute atomic E-state index is 13.0. The van der Waals surface area contributed by atoms with Gasteiger partial charge in [-0.15, -0.1) is 0 Å². The van der Waals surface area contributed by atoms with Gasteiger partial charge in [0.2, 0.25) is 0 Å². The Bertz CT molecular complexity index is 2410. The molecule has 0 aliphatic rings. The van der Waals surface area contributed by atoms with Crippen LogP contribution in [0.3, 0.4) is 0 Å². The third-order valence-electron chi connectivity index (χ3n) is 16.9. The number of unbranched alkanes of at least 4 members (excludes halogenated alkanes) is 31. The number of carbonyl (C=O) groups excluding carboxylic acids is 3. The van der Waals surface area contributed by atoms with Gasteiger partial charge in [0, 0.05) is 19.3 Å². The predicted molar refractivity (Wildman–Crippen MR) is 426 cm³/mol. The number of allylic oxidation sites excluding steroid dienone is 22. The second-order valence-electron chi connectivity index (χ2n) is 26.8. The number of ether oxygens (including phenoxy) is 3. The standard InChI is InChI=1S/C85H146O16P2/c1-4-7-10-13-16-19-22-25-27-29-31-33-35-37-39-41-43-45-47-49-51-54-56-59-62-65-68-71-83(88)95-74-80(86)75-97-102(91,92)98-76-81(87)77-99-103(93,94)100-79-82(101-85(90)73-70-67-64-61-58-53-24-21-18-15-12-9-6-3)78-96-84(89)72-69-66-63-60-57-55-52-50-48-46-44-42-40-38-36-34-32-30-28-26-23-20-17-14-11-8-5-2/h7-8,10-11,16-17,19-20,25-28,31-34,37-40,43,45,80-82,86-87H,4-6,9,12-15,18,21-24,29-30,35-36,41-42,44,46-79H2,1-3H3,(H,91,92)(H,93,94)/b10-7-,11-8-,19-16-,20-17-,27-25-,28-26-,33-31-,34-32-,39-37-,40-38-,45-43-. The highest BCUT2D eigenvalue weighted by atomic mass is 31.2. The highest BCUT2D eigenvalue weighted by Crippen LogP contribution is 2.45. The number of rotatable bonds is 76. The molecule has 0 aromatic rings. The molecule has 0 fully saturated rings. The zero-order valence-corrected chi connectivity index (χ0v) is 66.5. The summed E-state index contributed by atoms with van der Waals surface area (Å²) in [5.41, 5.74) is 0. The summed E-state index contributed by atoms with van der Waals surface area (Å²) in [6.07, 6.45) is 93.5. The second kappa shape index (κ2) is 77.3. The van der Waals surface area contributed by atoms with E-state index in [0.717, 1.165) is 161 Å². The number of hydrogen-bond donors (Lipinski definition) is 4. The summed E-state index contributed by atoms with van der Waals surface area (Å²) in [4.78, 5) is 58.7. The van der Waals surface area contributed by atoms with Crippen LogP contribution in [0.25, 0.3) is 0 Å². The molecule has 5 atom stereocenters. The van der Waals surface area contributed by atoms with Crippen LogP contribution >= 0.6 is 15.6 Å². The molecule has 0 saturated heterocycles. The summed E-state index contributed by atoms with van der Waals surface area (Å²) in [5.74, 6) is -1.58. The Morgan fingerprint density at radius 3 is 0.816 bits per heavy atom. The van der Waals surface area contributed by atoms with Crippen molar-refractivity contribution in [3.8, 4) is 0 Å². The van der Waals surface area contributed by atoms with E-state index in [-0.39, 0.29) is 19.3 Å². The fourth-order valence-electron chi connectivity index (χ4n) is 10.8. The van der Waals surface area contributed by atoms with Crippen molar-refractivity contribution in [1.82, 2.24) is 0 Å². The van der Waals surface area contributed by atoms with E-state index in [9.17, 15) is 43.5 Å². The van der Waals surface area contributed by atoms with Crippen LogP contribution in [0.4, 0.5) is 0 Å². The largest absolute Gasteiger partial charge is 0.472 e.